The highest BCUT2D eigenvalue weighted by Crippen LogP contribution is 2.15. The Hall–Kier alpha value is -1.84. The van der Waals surface area contributed by atoms with Crippen LogP contribution in [0.2, 0.25) is 0 Å². The Balaban J connectivity index is 2.28. The maximum atomic E-state index is 10.9. The van der Waals surface area contributed by atoms with Gasteiger partial charge in [0.2, 0.25) is 5.91 Å². The number of nitrogens with one attached hydrogen (secondary N) is 2. The zero-order valence-corrected chi connectivity index (χ0v) is 6.95. The molecule has 1 heterocycles. The fraction of sp³-hybridized carbons (Fsp3) is 0.111. The summed E-state index contributed by atoms with van der Waals surface area (Å²) in [6.07, 6.45) is 0.162. The van der Waals surface area contributed by atoms with Crippen LogP contribution in [-0.2, 0) is 4.79 Å². The molecule has 0 radical (unpaired) electrons. The zero-order valence-electron chi connectivity index (χ0n) is 6.95. The van der Waals surface area contributed by atoms with E-state index in [1.165, 1.54) is 5.01 Å². The number of anilines is 1. The Morgan fingerprint density at radius 1 is 1.31 bits per heavy atom. The Morgan fingerprint density at radius 2 is 2.00 bits per heavy atom. The first kappa shape index (κ1) is 7.79. The van der Waals surface area contributed by atoms with Crippen LogP contribution >= 0.6 is 0 Å². The van der Waals surface area contributed by atoms with Gasteiger partial charge in [-0.2, -0.15) is 0 Å². The smallest absolute Gasteiger partial charge is 0.246 e. The van der Waals surface area contributed by atoms with Crippen LogP contribution in [0.3, 0.4) is 0 Å². The molecule has 1 aromatic carbocycles. The minimum absolute atomic E-state index is 0.131. The summed E-state index contributed by atoms with van der Waals surface area (Å²) in [5.74, 6) is 0.157. The molecule has 0 unspecified atom stereocenters. The molecule has 1 amide bonds. The largest absolute Gasteiger partial charge is 0.286 e. The average molecular weight is 175 g/mol. The van der Waals surface area contributed by atoms with Crippen molar-refractivity contribution in [3.05, 3.63) is 30.3 Å². The Bertz CT molecular complexity index is 347. The van der Waals surface area contributed by atoms with Gasteiger partial charge in [-0.1, -0.05) is 18.2 Å². The van der Waals surface area contributed by atoms with Gasteiger partial charge in [0.15, 0.2) is 0 Å². The Morgan fingerprint density at radius 3 is 2.54 bits per heavy atom. The number of rotatable bonds is 1. The lowest BCUT2D eigenvalue weighted by molar-refractivity contribution is -0.118. The highest BCUT2D eigenvalue weighted by atomic mass is 16.2. The fourth-order valence-electron chi connectivity index (χ4n) is 1.26. The van der Waals surface area contributed by atoms with Crippen molar-refractivity contribution in [3.8, 4) is 0 Å². The summed E-state index contributed by atoms with van der Waals surface area (Å²) >= 11 is 0. The molecular formula is C9H9N3O. The van der Waals surface area contributed by atoms with Crippen molar-refractivity contribution < 1.29 is 4.79 Å². The van der Waals surface area contributed by atoms with E-state index in [4.69, 9.17) is 5.41 Å². The first-order valence-electron chi connectivity index (χ1n) is 3.99. The molecule has 2 N–H and O–H groups in total. The number of carbonyl (C=O) groups excluding carboxylic acids is 1. The number of nitrogens with zero attached hydrogens (tertiary/aromatic N) is 1. The molecule has 66 valence electrons. The maximum Gasteiger partial charge on any atom is 0.246 e. The van der Waals surface area contributed by atoms with E-state index < -0.39 is 0 Å². The number of hydrogen-bond acceptors (Lipinski definition) is 2. The highest BCUT2D eigenvalue weighted by Gasteiger charge is 2.24. The number of amidine groups is 1. The molecule has 0 aliphatic carbocycles. The molecule has 0 spiro atoms. The van der Waals surface area contributed by atoms with E-state index in [-0.39, 0.29) is 18.2 Å². The monoisotopic (exact) mass is 175 g/mol. The zero-order chi connectivity index (χ0) is 9.26. The van der Waals surface area contributed by atoms with Gasteiger partial charge in [-0.05, 0) is 12.1 Å². The van der Waals surface area contributed by atoms with E-state index in [1.807, 2.05) is 30.3 Å². The molecule has 1 fully saturated rings. The summed E-state index contributed by atoms with van der Waals surface area (Å²) < 4.78 is 0. The quantitative estimate of drug-likeness (QED) is 0.666. The molecule has 13 heavy (non-hydrogen) atoms. The van der Waals surface area contributed by atoms with Crippen LogP contribution in [0.1, 0.15) is 6.42 Å². The van der Waals surface area contributed by atoms with Gasteiger partial charge in [-0.3, -0.25) is 15.6 Å². The van der Waals surface area contributed by atoms with Crippen LogP contribution in [-0.4, -0.2) is 11.7 Å². The molecule has 0 atom stereocenters. The number of carbonyl (C=O) groups is 1. The third kappa shape index (κ3) is 1.38. The van der Waals surface area contributed by atoms with E-state index in [1.54, 1.807) is 0 Å². The Labute approximate surface area is 75.6 Å². The molecule has 2 rings (SSSR count). The molecule has 4 nitrogen and oxygen atoms in total. The van der Waals surface area contributed by atoms with Gasteiger partial charge in [0.1, 0.15) is 5.84 Å². The SMILES string of the molecule is N=C1CC(=O)NN1c1ccccc1. The summed E-state index contributed by atoms with van der Waals surface area (Å²) in [6.45, 7) is 0. The van der Waals surface area contributed by atoms with Gasteiger partial charge in [0.05, 0.1) is 12.1 Å². The fourth-order valence-corrected chi connectivity index (χ4v) is 1.26. The van der Waals surface area contributed by atoms with Crippen LogP contribution in [0.5, 0.6) is 0 Å². The second-order valence-corrected chi connectivity index (χ2v) is 2.83. The lowest BCUT2D eigenvalue weighted by atomic mass is 10.3. The highest BCUT2D eigenvalue weighted by molar-refractivity contribution is 6.13. The topological polar surface area (TPSA) is 56.2 Å². The van der Waals surface area contributed by atoms with E-state index in [2.05, 4.69) is 5.43 Å². The van der Waals surface area contributed by atoms with Gasteiger partial charge in [-0.25, -0.2) is 5.01 Å². The predicted octanol–water partition coefficient (Wildman–Crippen LogP) is 0.905. The first-order valence-corrected chi connectivity index (χ1v) is 3.99. The molecule has 1 aromatic rings. The minimum Gasteiger partial charge on any atom is -0.286 e. The number of hydrogen-bond donors (Lipinski definition) is 2. The third-order valence-electron chi connectivity index (χ3n) is 1.85. The van der Waals surface area contributed by atoms with Crippen molar-refractivity contribution in [1.82, 2.24) is 5.43 Å². The van der Waals surface area contributed by atoms with E-state index in [0.717, 1.165) is 5.69 Å². The second kappa shape index (κ2) is 2.90. The lowest BCUT2D eigenvalue weighted by Crippen LogP contribution is -2.35. The van der Waals surface area contributed by atoms with Gasteiger partial charge in [0.25, 0.3) is 0 Å². The number of para-hydroxylation sites is 1. The minimum atomic E-state index is -0.131. The third-order valence-corrected chi connectivity index (χ3v) is 1.85. The molecule has 0 saturated carbocycles. The molecule has 0 aromatic heterocycles. The van der Waals surface area contributed by atoms with Crippen LogP contribution in [0, 0.1) is 5.41 Å². The predicted molar refractivity (Wildman–Crippen MR) is 49.4 cm³/mol. The molecule has 1 aliphatic heterocycles. The van der Waals surface area contributed by atoms with Crippen molar-refractivity contribution in [2.24, 2.45) is 0 Å². The summed E-state index contributed by atoms with van der Waals surface area (Å²) in [7, 11) is 0. The van der Waals surface area contributed by atoms with Crippen LogP contribution in [0.25, 0.3) is 0 Å². The Kier molecular flexibility index (Phi) is 1.73. The van der Waals surface area contributed by atoms with Crippen molar-refractivity contribution in [3.63, 3.8) is 0 Å². The van der Waals surface area contributed by atoms with Gasteiger partial charge in [0, 0.05) is 0 Å². The average Bonchev–Trinajstić information content (AvgIpc) is 2.47. The summed E-state index contributed by atoms with van der Waals surface area (Å²) in [6, 6.07) is 9.32. The number of amides is 1. The van der Waals surface area contributed by atoms with Crippen LogP contribution in [0.4, 0.5) is 5.69 Å². The maximum absolute atomic E-state index is 10.9. The number of benzene rings is 1. The van der Waals surface area contributed by atoms with Gasteiger partial charge in [-0.15, -0.1) is 0 Å². The molecule has 4 heteroatoms. The van der Waals surface area contributed by atoms with E-state index in [9.17, 15) is 4.79 Å². The standard InChI is InChI=1S/C9H9N3O/c10-8-6-9(13)11-12(8)7-4-2-1-3-5-7/h1-5,10H,6H2,(H,11,13). The molecule has 1 aliphatic rings. The lowest BCUT2D eigenvalue weighted by Gasteiger charge is -2.16. The van der Waals surface area contributed by atoms with Gasteiger partial charge >= 0.3 is 0 Å². The van der Waals surface area contributed by atoms with Crippen molar-refractivity contribution >= 4 is 17.4 Å². The molecule has 1 saturated heterocycles. The van der Waals surface area contributed by atoms with E-state index in [0.29, 0.717) is 0 Å². The molecule has 0 bridgehead atoms. The number of hydrazine groups is 1. The van der Waals surface area contributed by atoms with Gasteiger partial charge < -0.3 is 0 Å². The first-order chi connectivity index (χ1) is 6.27. The van der Waals surface area contributed by atoms with Crippen molar-refractivity contribution in [2.45, 2.75) is 6.42 Å². The molecular weight excluding hydrogens is 166 g/mol. The summed E-state index contributed by atoms with van der Waals surface area (Å²) in [4.78, 5) is 10.9. The van der Waals surface area contributed by atoms with Crippen molar-refractivity contribution in [2.75, 3.05) is 5.01 Å². The summed E-state index contributed by atoms with van der Waals surface area (Å²) in [5.41, 5.74) is 3.41. The van der Waals surface area contributed by atoms with E-state index >= 15 is 0 Å². The normalized spacial score (nSPS) is 16.2. The van der Waals surface area contributed by atoms with Crippen LogP contribution in [0.15, 0.2) is 30.3 Å². The van der Waals surface area contributed by atoms with Crippen LogP contribution < -0.4 is 10.4 Å². The second-order valence-electron chi connectivity index (χ2n) is 2.83. The summed E-state index contributed by atoms with van der Waals surface area (Å²) in [5, 5.41) is 9.00. The van der Waals surface area contributed by atoms with Crippen molar-refractivity contribution in [1.29, 1.82) is 5.41 Å².